The number of thiazole rings is 1. The first-order chi connectivity index (χ1) is 26.4. The topological polar surface area (TPSA) is 300 Å². The molecule has 5 heterocycles. The lowest BCUT2D eigenvalue weighted by molar-refractivity contribution is -0.938. The summed E-state index contributed by atoms with van der Waals surface area (Å²) in [5.74, 6) is -9.29. The van der Waals surface area contributed by atoms with Crippen molar-refractivity contribution < 1.29 is 68.4 Å². The van der Waals surface area contributed by atoms with Crippen molar-refractivity contribution in [2.24, 2.45) is 5.16 Å². The molecule has 0 saturated carbocycles. The number of thioether (sulfide) groups is 1. The number of aromatic nitrogens is 1. The number of carboxylic acid groups (broad SMARTS) is 3. The number of carboxylic acids is 3. The van der Waals surface area contributed by atoms with Crippen molar-refractivity contribution in [3.8, 4) is 11.5 Å². The normalized spacial score (nSPS) is 25.1. The van der Waals surface area contributed by atoms with Crippen molar-refractivity contribution in [1.29, 1.82) is 0 Å². The maximum atomic E-state index is 13.6. The Bertz CT molecular complexity index is 2090. The number of rotatable bonds is 13. The summed E-state index contributed by atoms with van der Waals surface area (Å²) in [7, 11) is 0. The summed E-state index contributed by atoms with van der Waals surface area (Å²) in [6, 6.07) is 0.650. The van der Waals surface area contributed by atoms with E-state index in [2.05, 4.69) is 15.5 Å². The second-order valence-corrected chi connectivity index (χ2v) is 16.3. The number of carbonyl (C=O) groups excluding carboxylic acids is 4. The van der Waals surface area contributed by atoms with Crippen molar-refractivity contribution in [1.82, 2.24) is 20.1 Å². The van der Waals surface area contributed by atoms with Gasteiger partial charge in [-0.2, -0.15) is 0 Å². The minimum atomic E-state index is -1.96. The third-order valence-corrected chi connectivity index (χ3v) is 12.6. The average molecular weight is 837 g/mol. The number of phenols is 2. The van der Waals surface area contributed by atoms with E-state index in [4.69, 9.17) is 27.3 Å². The number of ketones is 1. The standard InChI is InChI=1S/C33H34ClN7O13S2/c1-13-16(11-41-5-2-3-15(41)10-39(4-6-41)29(49)25(45)14-7-17(34)26(46)19(42)8-14)24(32(52)53)40-28(48)23(30(40)56-13)37-27(47)22(18-12-55-33(35)36-18)38-54-20(31(50)51)9-21(43)44/h7-8,12-13,15,20,23,30H,2-6,9-11H2,1H3,(H7-,35,36,37,38,42,43,44,45,46,47,49,50,51,52,53)/p+1/t13-,15-,20-,23+,30+,41+/m0/s1. The van der Waals surface area contributed by atoms with Gasteiger partial charge in [-0.15, -0.1) is 23.1 Å². The number of Topliss-reactive ketones (excluding diaryl/α,β-unsaturated/α-hetero) is 1. The number of piperazine rings is 1. The van der Waals surface area contributed by atoms with Crippen LogP contribution in [-0.2, 0) is 33.6 Å². The number of nitrogens with one attached hydrogen (secondary N) is 1. The Labute approximate surface area is 329 Å². The van der Waals surface area contributed by atoms with Crippen LogP contribution in [0.3, 0.4) is 0 Å². The van der Waals surface area contributed by atoms with Gasteiger partial charge in [0.15, 0.2) is 22.3 Å². The summed E-state index contributed by atoms with van der Waals surface area (Å²) in [6.07, 6.45) is -1.49. The van der Waals surface area contributed by atoms with E-state index >= 15 is 0 Å². The number of amides is 3. The number of hydrogen-bond acceptors (Lipinski definition) is 15. The molecule has 6 atom stereocenters. The van der Waals surface area contributed by atoms with E-state index in [0.717, 1.165) is 34.8 Å². The van der Waals surface area contributed by atoms with Crippen LogP contribution in [0.25, 0.3) is 0 Å². The minimum Gasteiger partial charge on any atom is -0.504 e. The van der Waals surface area contributed by atoms with Gasteiger partial charge in [-0.05, 0) is 19.1 Å². The second-order valence-electron chi connectivity index (χ2n) is 13.6. The molecule has 3 amide bonds. The molecule has 1 aromatic heterocycles. The number of anilines is 1. The predicted molar refractivity (Wildman–Crippen MR) is 196 cm³/mol. The van der Waals surface area contributed by atoms with Gasteiger partial charge in [0, 0.05) is 34.6 Å². The third kappa shape index (κ3) is 7.55. The maximum absolute atomic E-state index is 13.6. The van der Waals surface area contributed by atoms with Crippen molar-refractivity contribution in [2.75, 3.05) is 38.5 Å². The van der Waals surface area contributed by atoms with Crippen LogP contribution >= 0.6 is 34.7 Å². The van der Waals surface area contributed by atoms with Gasteiger partial charge >= 0.3 is 17.9 Å². The van der Waals surface area contributed by atoms with Crippen LogP contribution in [0.4, 0.5) is 5.13 Å². The van der Waals surface area contributed by atoms with Gasteiger partial charge in [-0.25, -0.2) is 14.6 Å². The average Bonchev–Trinajstić information content (AvgIpc) is 3.77. The van der Waals surface area contributed by atoms with Gasteiger partial charge in [0.05, 0.1) is 37.6 Å². The number of nitrogen functional groups attached to an aromatic ring is 1. The van der Waals surface area contributed by atoms with Gasteiger partial charge in [-0.3, -0.25) is 28.9 Å². The molecule has 0 bridgehead atoms. The Balaban J connectivity index is 1.19. The zero-order chi connectivity index (χ0) is 40.8. The first-order valence-electron chi connectivity index (χ1n) is 17.0. The number of benzene rings is 1. The number of phenolic OH excluding ortho intramolecular Hbond substituents is 2. The fourth-order valence-corrected chi connectivity index (χ4v) is 9.63. The molecule has 4 aliphatic rings. The number of fused-ring (bicyclic) bond motifs is 2. The Morgan fingerprint density at radius 1 is 1.16 bits per heavy atom. The number of oxime groups is 1. The number of hydrogen-bond donors (Lipinski definition) is 7. The number of aromatic hydroxyl groups is 2. The quantitative estimate of drug-likeness (QED) is 0.0271. The van der Waals surface area contributed by atoms with Crippen LogP contribution in [0, 0.1) is 0 Å². The smallest absolute Gasteiger partial charge is 0.352 e. The van der Waals surface area contributed by atoms with E-state index in [1.807, 2.05) is 0 Å². The van der Waals surface area contributed by atoms with E-state index < -0.39 is 87.8 Å². The lowest BCUT2D eigenvalue weighted by Gasteiger charge is -2.53. The first-order valence-corrected chi connectivity index (χ1v) is 19.2. The fourth-order valence-electron chi connectivity index (χ4n) is 7.43. The molecule has 6 rings (SSSR count). The molecule has 0 aliphatic carbocycles. The van der Waals surface area contributed by atoms with Crippen molar-refractivity contribution in [3.05, 3.63) is 45.1 Å². The number of aliphatic carboxylic acids is 3. The van der Waals surface area contributed by atoms with Crippen molar-refractivity contribution >= 4 is 87.0 Å². The summed E-state index contributed by atoms with van der Waals surface area (Å²) < 4.78 is 0.420. The van der Waals surface area contributed by atoms with E-state index in [9.17, 15) is 54.0 Å². The molecule has 23 heteroatoms. The summed E-state index contributed by atoms with van der Waals surface area (Å²) in [4.78, 5) is 100. The molecule has 3 saturated heterocycles. The van der Waals surface area contributed by atoms with Crippen LogP contribution in [-0.4, -0.2) is 153 Å². The van der Waals surface area contributed by atoms with E-state index in [1.165, 1.54) is 22.0 Å². The van der Waals surface area contributed by atoms with Crippen LogP contribution in [0.5, 0.6) is 11.5 Å². The lowest BCUT2D eigenvalue weighted by atomic mass is 9.98. The zero-order valence-corrected chi connectivity index (χ0v) is 31.7. The summed E-state index contributed by atoms with van der Waals surface area (Å²) in [5.41, 5.74) is 5.04. The van der Waals surface area contributed by atoms with Crippen molar-refractivity contribution in [2.45, 2.75) is 55.0 Å². The highest BCUT2D eigenvalue weighted by molar-refractivity contribution is 8.00. The van der Waals surface area contributed by atoms with Crippen LogP contribution in [0.15, 0.2) is 33.9 Å². The second kappa shape index (κ2) is 15.6. The van der Waals surface area contributed by atoms with Gasteiger partial charge in [0.1, 0.15) is 35.4 Å². The van der Waals surface area contributed by atoms with Gasteiger partial charge in [0.2, 0.25) is 6.10 Å². The van der Waals surface area contributed by atoms with Gasteiger partial charge in [0.25, 0.3) is 23.5 Å². The molecule has 298 valence electrons. The molecule has 56 heavy (non-hydrogen) atoms. The SMILES string of the molecule is C[C@@H]1S[C@@H]2[C@H](NC(=O)/C(=N\O[C@@H](CC(=O)O)C(=O)O)c3csc(N)n3)C(=O)N2C(C(=O)O)=C1C[N@+]12CCC[C@H]1CN(C(=O)C(=O)c1cc(O)c(O)c(Cl)c1)CC2. The Kier molecular flexibility index (Phi) is 11.2. The van der Waals surface area contributed by atoms with Crippen LogP contribution in [0.1, 0.15) is 42.2 Å². The maximum Gasteiger partial charge on any atom is 0.352 e. The summed E-state index contributed by atoms with van der Waals surface area (Å²) >= 11 is 8.06. The largest absolute Gasteiger partial charge is 0.504 e. The minimum absolute atomic E-state index is 0.0147. The number of nitrogens with zero attached hydrogens (tertiary/aromatic N) is 5. The lowest BCUT2D eigenvalue weighted by Crippen LogP contribution is -2.72. The molecule has 8 N–H and O–H groups in total. The molecule has 0 unspecified atom stereocenters. The molecule has 4 aliphatic heterocycles. The molecule has 2 aromatic rings. The van der Waals surface area contributed by atoms with Gasteiger partial charge in [-0.1, -0.05) is 16.8 Å². The highest BCUT2D eigenvalue weighted by Gasteiger charge is 2.58. The number of halogens is 1. The summed E-state index contributed by atoms with van der Waals surface area (Å²) in [5, 5.41) is 54.3. The fraction of sp³-hybridized carbons (Fsp3) is 0.424. The van der Waals surface area contributed by atoms with E-state index in [1.54, 1.807) is 6.92 Å². The molecule has 0 radical (unpaired) electrons. The number of β-lactam (4-membered cyclic amide) rings is 1. The molecule has 3 fully saturated rings. The molecule has 20 nitrogen and oxygen atoms in total. The molecular formula is C33H35ClN7O13S2+. The summed E-state index contributed by atoms with van der Waals surface area (Å²) in [6.45, 7) is 3.43. The predicted octanol–water partition coefficient (Wildman–Crippen LogP) is 0.270. The monoisotopic (exact) mass is 836 g/mol. The Morgan fingerprint density at radius 3 is 2.52 bits per heavy atom. The number of nitrogens with two attached hydrogens (primary N) is 1. The molecule has 1 aromatic carbocycles. The number of carbonyl (C=O) groups is 7. The Morgan fingerprint density at radius 2 is 1.89 bits per heavy atom. The Hall–Kier alpha value is -5.45. The van der Waals surface area contributed by atoms with Crippen LogP contribution < -0.4 is 11.1 Å². The van der Waals surface area contributed by atoms with Crippen molar-refractivity contribution in [3.63, 3.8) is 0 Å². The van der Waals surface area contributed by atoms with Gasteiger partial charge < -0.3 is 50.8 Å². The highest BCUT2D eigenvalue weighted by atomic mass is 35.5. The van der Waals surface area contributed by atoms with Crippen LogP contribution in [0.2, 0.25) is 5.02 Å². The zero-order valence-electron chi connectivity index (χ0n) is 29.3. The molecule has 0 spiro atoms. The molecular weight excluding hydrogens is 802 g/mol. The third-order valence-electron chi connectivity index (χ3n) is 10.2. The van der Waals surface area contributed by atoms with E-state index in [-0.39, 0.29) is 52.8 Å². The highest BCUT2D eigenvalue weighted by Crippen LogP contribution is 2.46. The first kappa shape index (κ1) is 40.2. The van der Waals surface area contributed by atoms with E-state index in [0.29, 0.717) is 29.6 Å². The number of quaternary nitrogens is 1.